The highest BCUT2D eigenvalue weighted by atomic mass is 19.1. The average Bonchev–Trinajstić information content (AvgIpc) is 3.36. The highest BCUT2D eigenvalue weighted by Gasteiger charge is 2.42. The van der Waals surface area contributed by atoms with Crippen molar-refractivity contribution in [2.24, 2.45) is 0 Å². The maximum absolute atomic E-state index is 15.1. The fraction of sp³-hybridized carbons (Fsp3) is 0.400. The maximum Gasteiger partial charge on any atom is 0.337 e. The number of ketones is 1. The van der Waals surface area contributed by atoms with Crippen molar-refractivity contribution >= 4 is 17.4 Å². The number of nitrogens with zero attached hydrogens (tertiary/aromatic N) is 1. The normalized spacial score (nSPS) is 22.4. The van der Waals surface area contributed by atoms with E-state index in [2.05, 4.69) is 29.6 Å². The van der Waals surface area contributed by atoms with Crippen LogP contribution in [0.3, 0.4) is 0 Å². The maximum atomic E-state index is 15.1. The molecule has 36 heavy (non-hydrogen) atoms. The molecule has 0 amide bonds. The van der Waals surface area contributed by atoms with Crippen molar-refractivity contribution in [3.05, 3.63) is 88.0 Å². The minimum Gasteiger partial charge on any atom is -0.459 e. The second kappa shape index (κ2) is 9.92. The van der Waals surface area contributed by atoms with Crippen molar-refractivity contribution in [3.63, 3.8) is 0 Å². The van der Waals surface area contributed by atoms with E-state index >= 15 is 4.39 Å². The molecule has 1 heterocycles. The van der Waals surface area contributed by atoms with E-state index in [9.17, 15) is 9.59 Å². The molecule has 0 bridgehead atoms. The number of carbonyl (C=O) groups is 2. The zero-order valence-corrected chi connectivity index (χ0v) is 21.1. The Morgan fingerprint density at radius 2 is 1.72 bits per heavy atom. The number of hydrogen-bond acceptors (Lipinski definition) is 5. The predicted molar refractivity (Wildman–Crippen MR) is 138 cm³/mol. The zero-order valence-electron chi connectivity index (χ0n) is 21.1. The Morgan fingerprint density at radius 1 is 1.03 bits per heavy atom. The predicted octanol–water partition coefficient (Wildman–Crippen LogP) is 5.74. The van der Waals surface area contributed by atoms with Gasteiger partial charge in [0.1, 0.15) is 11.9 Å². The first-order chi connectivity index (χ1) is 17.3. The Kier molecular flexibility index (Phi) is 6.69. The quantitative estimate of drug-likeness (QED) is 0.544. The summed E-state index contributed by atoms with van der Waals surface area (Å²) >= 11 is 0. The van der Waals surface area contributed by atoms with Crippen LogP contribution in [0.2, 0.25) is 0 Å². The molecule has 1 N–H and O–H groups in total. The summed E-state index contributed by atoms with van der Waals surface area (Å²) in [5.74, 6) is -1.70. The number of benzene rings is 2. The van der Waals surface area contributed by atoms with E-state index in [4.69, 9.17) is 4.74 Å². The molecule has 188 valence electrons. The fourth-order valence-corrected chi connectivity index (χ4v) is 5.83. The van der Waals surface area contributed by atoms with Crippen LogP contribution < -0.4 is 10.2 Å². The highest BCUT2D eigenvalue weighted by molar-refractivity contribution is 6.04. The summed E-state index contributed by atoms with van der Waals surface area (Å²) < 4.78 is 21.0. The number of dihydropyridines is 1. The van der Waals surface area contributed by atoms with Crippen LogP contribution in [-0.4, -0.2) is 32.0 Å². The van der Waals surface area contributed by atoms with Gasteiger partial charge in [0.15, 0.2) is 5.78 Å². The zero-order chi connectivity index (χ0) is 25.4. The largest absolute Gasteiger partial charge is 0.459 e. The number of ether oxygens (including phenoxy) is 1. The molecular weight excluding hydrogens is 455 g/mol. The second-order valence-corrected chi connectivity index (χ2v) is 10.3. The lowest BCUT2D eigenvalue weighted by molar-refractivity contribution is -0.144. The van der Waals surface area contributed by atoms with Crippen molar-refractivity contribution in [1.29, 1.82) is 0 Å². The molecule has 0 saturated heterocycles. The summed E-state index contributed by atoms with van der Waals surface area (Å²) in [4.78, 5) is 29.2. The van der Waals surface area contributed by atoms with Gasteiger partial charge in [0.2, 0.25) is 0 Å². The number of allylic oxidation sites excluding steroid dienone is 3. The third-order valence-electron chi connectivity index (χ3n) is 7.72. The van der Waals surface area contributed by atoms with Crippen molar-refractivity contribution in [3.8, 4) is 0 Å². The van der Waals surface area contributed by atoms with Crippen molar-refractivity contribution < 1.29 is 18.7 Å². The summed E-state index contributed by atoms with van der Waals surface area (Å²) in [7, 11) is 3.99. The molecule has 1 saturated carbocycles. The van der Waals surface area contributed by atoms with Crippen LogP contribution in [0, 0.1) is 5.82 Å². The van der Waals surface area contributed by atoms with Gasteiger partial charge in [-0.05, 0) is 68.7 Å². The third-order valence-corrected chi connectivity index (χ3v) is 7.72. The van der Waals surface area contributed by atoms with E-state index in [1.807, 2.05) is 25.9 Å². The number of anilines is 1. The van der Waals surface area contributed by atoms with Gasteiger partial charge in [-0.1, -0.05) is 30.3 Å². The van der Waals surface area contributed by atoms with E-state index in [1.165, 1.54) is 6.07 Å². The van der Waals surface area contributed by atoms with Crippen molar-refractivity contribution in [1.82, 2.24) is 5.32 Å². The fourth-order valence-electron chi connectivity index (χ4n) is 5.83. The van der Waals surface area contributed by atoms with Gasteiger partial charge >= 0.3 is 5.97 Å². The molecule has 2 aliphatic carbocycles. The standard InChI is InChI=1S/C30H33FN2O3/c1-18-27(30(35)36-22-8-4-5-9-22)28(23-10-6-7-11-24(23)31)29-25(32-18)16-20(17-26(29)34)19-12-14-21(15-13-19)33(2)3/h6-7,10-15,20,22,28,32H,4-5,8-9,16-17H2,1-3H3/t20-,28-/m0/s1. The molecule has 1 aliphatic heterocycles. The van der Waals surface area contributed by atoms with E-state index in [-0.39, 0.29) is 17.8 Å². The van der Waals surface area contributed by atoms with E-state index in [0.29, 0.717) is 35.2 Å². The summed E-state index contributed by atoms with van der Waals surface area (Å²) in [6.45, 7) is 1.82. The van der Waals surface area contributed by atoms with E-state index in [1.54, 1.807) is 18.2 Å². The molecule has 5 rings (SSSR count). The SMILES string of the molecule is CC1=C(C(=O)OC2CCCC2)[C@H](c2ccccc2F)C2=C(C[C@H](c3ccc(N(C)C)cc3)CC2=O)N1. The van der Waals surface area contributed by atoms with Gasteiger partial charge in [0.25, 0.3) is 0 Å². The summed E-state index contributed by atoms with van der Waals surface area (Å²) in [6.07, 6.45) is 4.58. The number of halogens is 1. The Labute approximate surface area is 212 Å². The van der Waals surface area contributed by atoms with Crippen molar-refractivity contribution in [2.45, 2.75) is 63.4 Å². The van der Waals surface area contributed by atoms with Crippen LogP contribution in [0.15, 0.2) is 71.1 Å². The molecule has 1 fully saturated rings. The van der Waals surface area contributed by atoms with Gasteiger partial charge in [-0.3, -0.25) is 4.79 Å². The average molecular weight is 489 g/mol. The Balaban J connectivity index is 1.52. The van der Waals surface area contributed by atoms with Gasteiger partial charge in [-0.2, -0.15) is 0 Å². The number of nitrogens with one attached hydrogen (secondary N) is 1. The first-order valence-corrected chi connectivity index (χ1v) is 12.8. The Hall–Kier alpha value is -3.41. The first-order valence-electron chi connectivity index (χ1n) is 12.8. The van der Waals surface area contributed by atoms with E-state index in [0.717, 1.165) is 42.6 Å². The highest BCUT2D eigenvalue weighted by Crippen LogP contribution is 2.46. The molecule has 2 aromatic rings. The molecule has 0 unspecified atom stereocenters. The number of carbonyl (C=O) groups excluding carboxylic acids is 2. The number of esters is 1. The molecule has 6 heteroatoms. The third kappa shape index (κ3) is 4.57. The Morgan fingerprint density at radius 3 is 2.39 bits per heavy atom. The van der Waals surface area contributed by atoms with Crippen LogP contribution in [0.4, 0.5) is 10.1 Å². The number of Topliss-reactive ketones (excluding diaryl/α,β-unsaturated/α-hetero) is 1. The Bertz CT molecular complexity index is 1240. The van der Waals surface area contributed by atoms with Crippen LogP contribution in [0.5, 0.6) is 0 Å². The minimum absolute atomic E-state index is 0.0148. The summed E-state index contributed by atoms with van der Waals surface area (Å²) in [6, 6.07) is 14.7. The smallest absolute Gasteiger partial charge is 0.337 e. The minimum atomic E-state index is -0.777. The van der Waals surface area contributed by atoms with Gasteiger partial charge in [-0.25, -0.2) is 9.18 Å². The monoisotopic (exact) mass is 488 g/mol. The summed E-state index contributed by atoms with van der Waals surface area (Å²) in [5.41, 5.74) is 4.76. The molecule has 5 nitrogen and oxygen atoms in total. The van der Waals surface area contributed by atoms with Gasteiger partial charge in [0.05, 0.1) is 11.5 Å². The molecule has 0 spiro atoms. The second-order valence-electron chi connectivity index (χ2n) is 10.3. The lowest BCUT2D eigenvalue weighted by Crippen LogP contribution is -2.37. The number of hydrogen-bond donors (Lipinski definition) is 1. The lowest BCUT2D eigenvalue weighted by Gasteiger charge is -2.37. The summed E-state index contributed by atoms with van der Waals surface area (Å²) in [5, 5.41) is 3.36. The van der Waals surface area contributed by atoms with Crippen LogP contribution >= 0.6 is 0 Å². The van der Waals surface area contributed by atoms with Crippen molar-refractivity contribution in [2.75, 3.05) is 19.0 Å². The molecule has 3 aliphatic rings. The molecule has 0 radical (unpaired) electrons. The van der Waals surface area contributed by atoms with Crippen LogP contribution in [0.1, 0.15) is 68.4 Å². The molecule has 2 aromatic carbocycles. The van der Waals surface area contributed by atoms with E-state index < -0.39 is 17.7 Å². The lowest BCUT2D eigenvalue weighted by atomic mass is 9.71. The number of rotatable bonds is 5. The van der Waals surface area contributed by atoms with Gasteiger partial charge < -0.3 is 15.0 Å². The van der Waals surface area contributed by atoms with Crippen LogP contribution in [0.25, 0.3) is 0 Å². The topological polar surface area (TPSA) is 58.6 Å². The van der Waals surface area contributed by atoms with Crippen LogP contribution in [-0.2, 0) is 14.3 Å². The van der Waals surface area contributed by atoms with Gasteiger partial charge in [0, 0.05) is 48.7 Å². The molecule has 0 aromatic heterocycles. The molecular formula is C30H33FN2O3. The van der Waals surface area contributed by atoms with Gasteiger partial charge in [-0.15, -0.1) is 0 Å². The molecule has 2 atom stereocenters. The first kappa shape index (κ1) is 24.3.